The maximum Gasteiger partial charge on any atom is 0.307 e. The molecule has 1 N–H and O–H groups in total. The first-order chi connectivity index (χ1) is 9.97. The first-order valence-corrected chi connectivity index (χ1v) is 7.03. The van der Waals surface area contributed by atoms with Crippen LogP contribution < -0.4 is 10.1 Å². The van der Waals surface area contributed by atoms with E-state index in [2.05, 4.69) is 10.1 Å². The molecule has 0 saturated heterocycles. The molecule has 1 aromatic carbocycles. The maximum absolute atomic E-state index is 11.9. The second kappa shape index (κ2) is 8.29. The number of esters is 1. The Morgan fingerprint density at radius 1 is 1.29 bits per heavy atom. The van der Waals surface area contributed by atoms with Gasteiger partial charge in [0, 0.05) is 6.04 Å². The highest BCUT2D eigenvalue weighted by atomic mass is 16.5. The number of benzene rings is 1. The molecule has 1 aromatic rings. The van der Waals surface area contributed by atoms with Crippen molar-refractivity contribution < 1.29 is 19.1 Å². The van der Waals surface area contributed by atoms with Crippen LogP contribution in [-0.4, -0.2) is 31.6 Å². The van der Waals surface area contributed by atoms with Crippen molar-refractivity contribution in [3.63, 3.8) is 0 Å². The Hall–Kier alpha value is -2.04. The highest BCUT2D eigenvalue weighted by molar-refractivity contribution is 5.79. The van der Waals surface area contributed by atoms with Crippen molar-refractivity contribution in [1.82, 2.24) is 5.32 Å². The molecule has 0 fully saturated rings. The van der Waals surface area contributed by atoms with Gasteiger partial charge in [-0.3, -0.25) is 9.59 Å². The van der Waals surface area contributed by atoms with Crippen LogP contribution in [0, 0.1) is 13.8 Å². The molecule has 0 aliphatic heterocycles. The van der Waals surface area contributed by atoms with Crippen LogP contribution in [0.25, 0.3) is 0 Å². The summed E-state index contributed by atoms with van der Waals surface area (Å²) >= 11 is 0. The Morgan fingerprint density at radius 3 is 2.62 bits per heavy atom. The lowest BCUT2D eigenvalue weighted by Gasteiger charge is -2.16. The highest BCUT2D eigenvalue weighted by Gasteiger charge is 2.15. The van der Waals surface area contributed by atoms with Crippen LogP contribution in [0.15, 0.2) is 18.2 Å². The van der Waals surface area contributed by atoms with Gasteiger partial charge in [0.1, 0.15) is 5.75 Å². The van der Waals surface area contributed by atoms with Crippen LogP contribution in [0.1, 0.15) is 30.9 Å². The number of amides is 1. The van der Waals surface area contributed by atoms with Crippen molar-refractivity contribution in [2.75, 3.05) is 13.7 Å². The summed E-state index contributed by atoms with van der Waals surface area (Å²) in [5.74, 6) is 0.121. The van der Waals surface area contributed by atoms with Crippen molar-refractivity contribution in [2.24, 2.45) is 0 Å². The number of ether oxygens (including phenoxy) is 2. The Balaban J connectivity index is 2.49. The number of methoxy groups -OCH3 is 1. The van der Waals surface area contributed by atoms with Crippen LogP contribution in [0.3, 0.4) is 0 Å². The van der Waals surface area contributed by atoms with Gasteiger partial charge in [0.25, 0.3) is 5.91 Å². The van der Waals surface area contributed by atoms with Gasteiger partial charge in [-0.2, -0.15) is 0 Å². The number of hydrogen-bond acceptors (Lipinski definition) is 4. The average molecular weight is 293 g/mol. The third-order valence-corrected chi connectivity index (χ3v) is 3.41. The fourth-order valence-corrected chi connectivity index (χ4v) is 1.88. The van der Waals surface area contributed by atoms with Crippen molar-refractivity contribution >= 4 is 11.9 Å². The van der Waals surface area contributed by atoms with E-state index < -0.39 is 0 Å². The van der Waals surface area contributed by atoms with Crippen LogP contribution in [-0.2, 0) is 14.3 Å². The summed E-state index contributed by atoms with van der Waals surface area (Å²) < 4.78 is 10.1. The molecule has 1 amide bonds. The molecule has 116 valence electrons. The number of aryl methyl sites for hydroxylation is 1. The van der Waals surface area contributed by atoms with Crippen molar-refractivity contribution in [3.8, 4) is 5.75 Å². The van der Waals surface area contributed by atoms with Gasteiger partial charge in [-0.05, 0) is 37.5 Å². The summed E-state index contributed by atoms with van der Waals surface area (Å²) in [6.45, 7) is 5.78. The molecule has 1 atom stereocenters. The summed E-state index contributed by atoms with van der Waals surface area (Å²) in [5.41, 5.74) is 2.14. The zero-order valence-electron chi connectivity index (χ0n) is 13.1. The van der Waals surface area contributed by atoms with Crippen LogP contribution >= 0.6 is 0 Å². The number of rotatable bonds is 7. The third kappa shape index (κ3) is 5.45. The van der Waals surface area contributed by atoms with E-state index in [1.54, 1.807) is 0 Å². The van der Waals surface area contributed by atoms with Gasteiger partial charge < -0.3 is 14.8 Å². The molecule has 1 rings (SSSR count). The third-order valence-electron chi connectivity index (χ3n) is 3.41. The fraction of sp³-hybridized carbons (Fsp3) is 0.500. The molecule has 1 unspecified atom stereocenters. The van der Waals surface area contributed by atoms with E-state index in [0.717, 1.165) is 11.1 Å². The normalized spacial score (nSPS) is 11.6. The molecule has 0 saturated carbocycles. The lowest BCUT2D eigenvalue weighted by molar-refractivity contribution is -0.141. The van der Waals surface area contributed by atoms with E-state index >= 15 is 0 Å². The van der Waals surface area contributed by atoms with Crippen LogP contribution in [0.5, 0.6) is 5.75 Å². The van der Waals surface area contributed by atoms with Gasteiger partial charge in [-0.25, -0.2) is 0 Å². The Bertz CT molecular complexity index is 499. The highest BCUT2D eigenvalue weighted by Crippen LogP contribution is 2.20. The first-order valence-electron chi connectivity index (χ1n) is 7.03. The smallest absolute Gasteiger partial charge is 0.307 e. The van der Waals surface area contributed by atoms with Gasteiger partial charge in [0.05, 0.1) is 13.5 Å². The van der Waals surface area contributed by atoms with E-state index in [-0.39, 0.29) is 30.9 Å². The SMILES string of the molecule is CCC(CC(=O)OC)NC(=O)COc1cccc(C)c1C. The largest absolute Gasteiger partial charge is 0.483 e. The van der Waals surface area contributed by atoms with Gasteiger partial charge >= 0.3 is 5.97 Å². The van der Waals surface area contributed by atoms with Gasteiger partial charge in [-0.1, -0.05) is 19.1 Å². The van der Waals surface area contributed by atoms with Crippen molar-refractivity contribution in [3.05, 3.63) is 29.3 Å². The molecule has 0 aliphatic rings. The summed E-state index contributed by atoms with van der Waals surface area (Å²) in [5, 5.41) is 2.77. The second-order valence-corrected chi connectivity index (χ2v) is 4.94. The van der Waals surface area contributed by atoms with E-state index in [1.165, 1.54) is 7.11 Å². The lowest BCUT2D eigenvalue weighted by atomic mass is 10.1. The Morgan fingerprint density at radius 2 is 2.00 bits per heavy atom. The average Bonchev–Trinajstić information content (AvgIpc) is 2.47. The molecule has 0 heterocycles. The molecule has 5 heteroatoms. The van der Waals surface area contributed by atoms with Crippen molar-refractivity contribution in [2.45, 2.75) is 39.7 Å². The molecule has 0 aromatic heterocycles. The number of carbonyl (C=O) groups is 2. The summed E-state index contributed by atoms with van der Waals surface area (Å²) in [6.07, 6.45) is 0.826. The lowest BCUT2D eigenvalue weighted by Crippen LogP contribution is -2.39. The summed E-state index contributed by atoms with van der Waals surface area (Å²) in [6, 6.07) is 5.49. The van der Waals surface area contributed by atoms with Crippen LogP contribution in [0.2, 0.25) is 0 Å². The Labute approximate surface area is 125 Å². The minimum Gasteiger partial charge on any atom is -0.483 e. The monoisotopic (exact) mass is 293 g/mol. The number of carbonyl (C=O) groups excluding carboxylic acids is 2. The number of hydrogen-bond donors (Lipinski definition) is 1. The number of nitrogens with one attached hydrogen (secondary N) is 1. The molecule has 5 nitrogen and oxygen atoms in total. The topological polar surface area (TPSA) is 64.6 Å². The molecule has 0 radical (unpaired) electrons. The van der Waals surface area contributed by atoms with E-state index in [9.17, 15) is 9.59 Å². The molecule has 21 heavy (non-hydrogen) atoms. The zero-order valence-corrected chi connectivity index (χ0v) is 13.1. The van der Waals surface area contributed by atoms with Crippen LogP contribution in [0.4, 0.5) is 0 Å². The fourth-order valence-electron chi connectivity index (χ4n) is 1.88. The van der Waals surface area contributed by atoms with Gasteiger partial charge in [0.15, 0.2) is 6.61 Å². The van der Waals surface area contributed by atoms with E-state index in [1.807, 2.05) is 39.0 Å². The van der Waals surface area contributed by atoms with E-state index in [0.29, 0.717) is 12.2 Å². The Kier molecular flexibility index (Phi) is 6.72. The standard InChI is InChI=1S/C16H23NO4/c1-5-13(9-16(19)20-4)17-15(18)10-21-14-8-6-7-11(2)12(14)3/h6-8,13H,5,9-10H2,1-4H3,(H,17,18). The van der Waals surface area contributed by atoms with E-state index in [4.69, 9.17) is 4.74 Å². The molecule has 0 spiro atoms. The second-order valence-electron chi connectivity index (χ2n) is 4.94. The predicted molar refractivity (Wildman–Crippen MR) is 80.3 cm³/mol. The van der Waals surface area contributed by atoms with Gasteiger partial charge in [-0.15, -0.1) is 0 Å². The summed E-state index contributed by atoms with van der Waals surface area (Å²) in [4.78, 5) is 23.1. The summed E-state index contributed by atoms with van der Waals surface area (Å²) in [7, 11) is 1.33. The van der Waals surface area contributed by atoms with Crippen molar-refractivity contribution in [1.29, 1.82) is 0 Å². The quantitative estimate of drug-likeness (QED) is 0.782. The molecule has 0 aliphatic carbocycles. The minimum absolute atomic E-state index is 0.0675. The molecular formula is C16H23NO4. The predicted octanol–water partition coefficient (Wildman–Crippen LogP) is 2.14. The minimum atomic E-state index is -0.336. The van der Waals surface area contributed by atoms with Gasteiger partial charge in [0.2, 0.25) is 0 Å². The molecular weight excluding hydrogens is 270 g/mol. The first kappa shape index (κ1) is 17.0. The molecule has 0 bridgehead atoms. The maximum atomic E-state index is 11.9. The zero-order chi connectivity index (χ0) is 15.8.